The molecule has 0 unspecified atom stereocenters. The Kier molecular flexibility index (Phi) is 5.12. The highest BCUT2D eigenvalue weighted by Gasteiger charge is 2.43. The van der Waals surface area contributed by atoms with Crippen molar-refractivity contribution in [1.29, 1.82) is 0 Å². The number of likely N-dealkylation sites (tertiary alicyclic amines) is 1. The largest absolute Gasteiger partial charge is 0.487 e. The van der Waals surface area contributed by atoms with Crippen LogP contribution in [0.4, 0.5) is 0 Å². The zero-order valence-electron chi connectivity index (χ0n) is 18.2. The number of benzene rings is 2. The van der Waals surface area contributed by atoms with Gasteiger partial charge in [-0.25, -0.2) is 0 Å². The highest BCUT2D eigenvalue weighted by atomic mass is 16.5. The number of aliphatic hydroxyl groups is 2. The number of fused-ring (bicyclic) bond motifs is 2. The van der Waals surface area contributed by atoms with Gasteiger partial charge in [0.2, 0.25) is 0 Å². The number of piperidine rings is 1. The fourth-order valence-corrected chi connectivity index (χ4v) is 5.50. The van der Waals surface area contributed by atoms with Crippen molar-refractivity contribution in [3.63, 3.8) is 0 Å². The first kappa shape index (κ1) is 20.0. The van der Waals surface area contributed by atoms with Crippen LogP contribution in [0.2, 0.25) is 0 Å². The molecule has 1 fully saturated rings. The first-order valence-corrected chi connectivity index (χ1v) is 11.4. The Morgan fingerprint density at radius 1 is 1.07 bits per heavy atom. The third-order valence-corrected chi connectivity index (χ3v) is 7.58. The third-order valence-electron chi connectivity index (χ3n) is 7.58. The normalized spacial score (nSPS) is 23.7. The van der Waals surface area contributed by atoms with Crippen molar-refractivity contribution in [2.45, 2.75) is 70.2 Å². The van der Waals surface area contributed by atoms with Crippen molar-refractivity contribution in [3.8, 4) is 5.75 Å². The van der Waals surface area contributed by atoms with Gasteiger partial charge in [0.25, 0.3) is 0 Å². The van der Waals surface area contributed by atoms with Crippen LogP contribution in [0.3, 0.4) is 0 Å². The molecule has 2 aromatic carbocycles. The van der Waals surface area contributed by atoms with Crippen LogP contribution in [-0.4, -0.2) is 40.3 Å². The van der Waals surface area contributed by atoms with Gasteiger partial charge < -0.3 is 19.8 Å². The van der Waals surface area contributed by atoms with E-state index in [0.29, 0.717) is 13.0 Å². The molecule has 0 bridgehead atoms. The predicted octanol–water partition coefficient (Wildman–Crippen LogP) is 4.18. The van der Waals surface area contributed by atoms with Crippen molar-refractivity contribution in [2.24, 2.45) is 0 Å². The highest BCUT2D eigenvalue weighted by molar-refractivity contribution is 5.45. The molecular formula is C26H33NO3. The van der Waals surface area contributed by atoms with Gasteiger partial charge in [-0.1, -0.05) is 18.2 Å². The second-order valence-corrected chi connectivity index (χ2v) is 9.68. The van der Waals surface area contributed by atoms with Gasteiger partial charge in [0.05, 0.1) is 12.2 Å². The van der Waals surface area contributed by atoms with E-state index in [-0.39, 0.29) is 5.60 Å². The first-order valence-electron chi connectivity index (χ1n) is 11.4. The summed E-state index contributed by atoms with van der Waals surface area (Å²) < 4.78 is 6.51. The Labute approximate surface area is 179 Å². The van der Waals surface area contributed by atoms with Crippen LogP contribution in [0.1, 0.15) is 71.3 Å². The monoisotopic (exact) mass is 407 g/mol. The van der Waals surface area contributed by atoms with Gasteiger partial charge in [0.1, 0.15) is 11.4 Å². The van der Waals surface area contributed by atoms with Gasteiger partial charge >= 0.3 is 0 Å². The maximum atomic E-state index is 10.8. The number of β-amino-alcohol motifs (C(OH)–C–C–N with tert-alkyl or cyclic N) is 1. The fraction of sp³-hybridized carbons (Fsp3) is 0.538. The minimum absolute atomic E-state index is 0.289. The van der Waals surface area contributed by atoms with E-state index in [4.69, 9.17) is 4.74 Å². The number of hydrogen-bond acceptors (Lipinski definition) is 4. The van der Waals surface area contributed by atoms with Gasteiger partial charge in [-0.05, 0) is 85.9 Å². The van der Waals surface area contributed by atoms with Crippen LogP contribution in [0.5, 0.6) is 5.75 Å². The molecule has 5 rings (SSSR count). The maximum absolute atomic E-state index is 10.8. The van der Waals surface area contributed by atoms with E-state index in [1.165, 1.54) is 35.1 Å². The minimum Gasteiger partial charge on any atom is -0.487 e. The lowest BCUT2D eigenvalue weighted by Gasteiger charge is -2.46. The third kappa shape index (κ3) is 3.66. The molecule has 3 aliphatic rings. The van der Waals surface area contributed by atoms with E-state index in [2.05, 4.69) is 49.1 Å². The molecule has 0 radical (unpaired) electrons. The zero-order valence-corrected chi connectivity index (χ0v) is 18.2. The van der Waals surface area contributed by atoms with Gasteiger partial charge in [0, 0.05) is 31.6 Å². The van der Waals surface area contributed by atoms with E-state index in [1.54, 1.807) is 0 Å². The number of hydrogen-bond donors (Lipinski definition) is 2. The number of aliphatic hydroxyl groups excluding tert-OH is 2. The predicted molar refractivity (Wildman–Crippen MR) is 118 cm³/mol. The summed E-state index contributed by atoms with van der Waals surface area (Å²) in [5, 5.41) is 21.6. The molecule has 2 heterocycles. The Morgan fingerprint density at radius 3 is 2.60 bits per heavy atom. The molecule has 2 atom stereocenters. The lowest BCUT2D eigenvalue weighted by Crippen LogP contribution is -2.51. The van der Waals surface area contributed by atoms with Crippen LogP contribution in [0.15, 0.2) is 30.3 Å². The summed E-state index contributed by atoms with van der Waals surface area (Å²) >= 11 is 0. The average molecular weight is 408 g/mol. The molecule has 2 aromatic rings. The summed E-state index contributed by atoms with van der Waals surface area (Å²) in [5.74, 6) is 0.850. The van der Waals surface area contributed by atoms with E-state index in [1.807, 2.05) is 0 Å². The number of ether oxygens (including phenoxy) is 1. The lowest BCUT2D eigenvalue weighted by atomic mass is 9.81. The van der Waals surface area contributed by atoms with Gasteiger partial charge in [0.15, 0.2) is 0 Å². The summed E-state index contributed by atoms with van der Waals surface area (Å²) in [6.45, 7) is 6.60. The van der Waals surface area contributed by atoms with Crippen molar-refractivity contribution < 1.29 is 14.9 Å². The van der Waals surface area contributed by atoms with Crippen molar-refractivity contribution in [1.82, 2.24) is 4.90 Å². The average Bonchev–Trinajstić information content (AvgIpc) is 3.19. The highest BCUT2D eigenvalue weighted by Crippen LogP contribution is 2.45. The quantitative estimate of drug-likeness (QED) is 0.802. The molecule has 1 aliphatic carbocycles. The van der Waals surface area contributed by atoms with Crippen molar-refractivity contribution in [3.05, 3.63) is 63.7 Å². The van der Waals surface area contributed by atoms with Crippen molar-refractivity contribution >= 4 is 0 Å². The molecule has 2 aliphatic heterocycles. The number of nitrogens with zero attached hydrogens (tertiary/aromatic N) is 1. The topological polar surface area (TPSA) is 52.9 Å². The van der Waals surface area contributed by atoms with Crippen molar-refractivity contribution in [2.75, 3.05) is 19.6 Å². The van der Waals surface area contributed by atoms with E-state index in [9.17, 15) is 10.2 Å². The molecule has 0 aromatic heterocycles. The summed E-state index contributed by atoms with van der Waals surface area (Å²) in [5.41, 5.74) is 6.94. The maximum Gasteiger partial charge on any atom is 0.126 e. The molecule has 1 saturated heterocycles. The molecule has 160 valence electrons. The zero-order chi connectivity index (χ0) is 20.9. The van der Waals surface area contributed by atoms with Crippen LogP contribution in [0.25, 0.3) is 0 Å². The Hall–Kier alpha value is -1.88. The lowest BCUT2D eigenvalue weighted by molar-refractivity contribution is -0.0588. The molecule has 0 amide bonds. The van der Waals surface area contributed by atoms with Crippen LogP contribution in [-0.2, 0) is 12.8 Å². The summed E-state index contributed by atoms with van der Waals surface area (Å²) in [6, 6.07) is 10.7. The molecule has 1 spiro atoms. The van der Waals surface area contributed by atoms with E-state index in [0.717, 1.165) is 49.2 Å². The van der Waals surface area contributed by atoms with Gasteiger partial charge in [-0.3, -0.25) is 0 Å². The molecule has 4 heteroatoms. The second kappa shape index (κ2) is 7.67. The minimum atomic E-state index is -0.461. The SMILES string of the molecule is Cc1cc2c(cc1C)[C@H](O)CC1(CCN(C[C@@H](O)c3ccc4c(c3)CCC4)CC1)O2. The van der Waals surface area contributed by atoms with E-state index < -0.39 is 12.2 Å². The first-order chi connectivity index (χ1) is 14.4. The Morgan fingerprint density at radius 2 is 1.80 bits per heavy atom. The van der Waals surface area contributed by atoms with Crippen LogP contribution >= 0.6 is 0 Å². The Balaban J connectivity index is 1.23. The molecule has 2 N–H and O–H groups in total. The molecular weight excluding hydrogens is 374 g/mol. The fourth-order valence-electron chi connectivity index (χ4n) is 5.50. The molecule has 0 saturated carbocycles. The molecule has 4 nitrogen and oxygen atoms in total. The smallest absolute Gasteiger partial charge is 0.126 e. The van der Waals surface area contributed by atoms with Gasteiger partial charge in [-0.2, -0.15) is 0 Å². The summed E-state index contributed by atoms with van der Waals surface area (Å²) in [7, 11) is 0. The standard InChI is InChI=1S/C26H33NO3/c1-17-12-22-23(28)15-26(30-25(22)13-18(17)2)8-10-27(11-9-26)16-24(29)21-7-6-19-4-3-5-20(19)14-21/h6-7,12-14,23-24,28-29H,3-5,8-11,15-16H2,1-2H3/t23-,24-/m1/s1. The molecule has 30 heavy (non-hydrogen) atoms. The van der Waals surface area contributed by atoms with Crippen LogP contribution < -0.4 is 4.74 Å². The van der Waals surface area contributed by atoms with Gasteiger partial charge in [-0.15, -0.1) is 0 Å². The number of aryl methyl sites for hydroxylation is 4. The summed E-state index contributed by atoms with van der Waals surface area (Å²) in [6.07, 6.45) is 5.06. The van der Waals surface area contributed by atoms with E-state index >= 15 is 0 Å². The second-order valence-electron chi connectivity index (χ2n) is 9.68. The number of rotatable bonds is 3. The summed E-state index contributed by atoms with van der Waals surface area (Å²) in [4.78, 5) is 2.34. The Bertz CT molecular complexity index is 946. The van der Waals surface area contributed by atoms with Crippen LogP contribution in [0, 0.1) is 13.8 Å².